The van der Waals surface area contributed by atoms with Crippen LogP contribution in [0.15, 0.2) is 24.3 Å². The quantitative estimate of drug-likeness (QED) is 0.448. The van der Waals surface area contributed by atoms with Gasteiger partial charge in [-0.2, -0.15) is 0 Å². The van der Waals surface area contributed by atoms with Gasteiger partial charge in [-0.05, 0) is 23.6 Å². The van der Waals surface area contributed by atoms with E-state index in [0.29, 0.717) is 10.8 Å². The smallest absolute Gasteiger partial charge is 0.252 e. The summed E-state index contributed by atoms with van der Waals surface area (Å²) < 4.78 is 0. The van der Waals surface area contributed by atoms with Gasteiger partial charge in [0, 0.05) is 10.9 Å². The van der Waals surface area contributed by atoms with E-state index in [-0.39, 0.29) is 22.6 Å². The number of fused-ring (bicyclic) bond motifs is 1. The van der Waals surface area contributed by atoms with Crippen LogP contribution in [0.5, 0.6) is 5.75 Å². The third-order valence-electron chi connectivity index (χ3n) is 2.70. The van der Waals surface area contributed by atoms with Gasteiger partial charge in [0.05, 0.1) is 11.3 Å². The molecule has 92 valence electrons. The van der Waals surface area contributed by atoms with Gasteiger partial charge >= 0.3 is 0 Å². The number of hydrogen-bond acceptors (Lipinski definition) is 4. The molecule has 0 aromatic heterocycles. The lowest BCUT2D eigenvalue weighted by molar-refractivity contribution is 0.0991. The van der Waals surface area contributed by atoms with Crippen LogP contribution in [0.1, 0.15) is 20.7 Å². The van der Waals surface area contributed by atoms with Gasteiger partial charge in [0.25, 0.3) is 5.91 Å². The molecule has 6 heteroatoms. The predicted molar refractivity (Wildman–Crippen MR) is 67.1 cm³/mol. The third kappa shape index (κ3) is 1.69. The van der Waals surface area contributed by atoms with Gasteiger partial charge < -0.3 is 22.3 Å². The van der Waals surface area contributed by atoms with Crippen LogP contribution < -0.4 is 17.2 Å². The van der Waals surface area contributed by atoms with Gasteiger partial charge in [-0.25, -0.2) is 0 Å². The van der Waals surface area contributed by atoms with Crippen LogP contribution in [-0.2, 0) is 0 Å². The van der Waals surface area contributed by atoms with Crippen LogP contribution in [0, 0.1) is 0 Å². The van der Waals surface area contributed by atoms with Crippen LogP contribution in [0.3, 0.4) is 0 Å². The Morgan fingerprint density at radius 2 is 1.72 bits per heavy atom. The average Bonchev–Trinajstić information content (AvgIpc) is 2.32. The minimum absolute atomic E-state index is 0.0392. The van der Waals surface area contributed by atoms with Gasteiger partial charge in [-0.3, -0.25) is 9.59 Å². The highest BCUT2D eigenvalue weighted by Crippen LogP contribution is 2.33. The number of aromatic hydroxyl groups is 1. The second-order valence-corrected chi connectivity index (χ2v) is 3.85. The molecule has 0 heterocycles. The number of carbonyl (C=O) groups is 2. The number of anilines is 1. The van der Waals surface area contributed by atoms with Crippen molar-refractivity contribution in [3.8, 4) is 5.75 Å². The van der Waals surface area contributed by atoms with E-state index in [1.165, 1.54) is 18.2 Å². The van der Waals surface area contributed by atoms with Crippen LogP contribution in [0.25, 0.3) is 10.8 Å². The van der Waals surface area contributed by atoms with Crippen molar-refractivity contribution in [3.05, 3.63) is 35.4 Å². The van der Waals surface area contributed by atoms with E-state index in [1.807, 2.05) is 0 Å². The minimum atomic E-state index is -0.800. The van der Waals surface area contributed by atoms with Crippen molar-refractivity contribution in [1.82, 2.24) is 0 Å². The molecule has 0 saturated heterocycles. The molecule has 2 aromatic rings. The topological polar surface area (TPSA) is 132 Å². The number of nitrogen functional groups attached to an aromatic ring is 1. The Labute approximate surface area is 102 Å². The summed E-state index contributed by atoms with van der Waals surface area (Å²) in [6.07, 6.45) is 0. The molecular weight excluding hydrogens is 234 g/mol. The highest BCUT2D eigenvalue weighted by atomic mass is 16.3. The Kier molecular flexibility index (Phi) is 2.55. The van der Waals surface area contributed by atoms with Crippen LogP contribution >= 0.6 is 0 Å². The van der Waals surface area contributed by atoms with Gasteiger partial charge in [0.15, 0.2) is 5.75 Å². The molecule has 2 rings (SSSR count). The Morgan fingerprint density at radius 3 is 2.28 bits per heavy atom. The van der Waals surface area contributed by atoms with Crippen LogP contribution in [-0.4, -0.2) is 16.9 Å². The number of benzene rings is 2. The molecule has 0 aliphatic carbocycles. The fourth-order valence-electron chi connectivity index (χ4n) is 1.77. The second kappa shape index (κ2) is 3.92. The molecule has 18 heavy (non-hydrogen) atoms. The number of hydrogen-bond donors (Lipinski definition) is 4. The number of rotatable bonds is 2. The largest absolute Gasteiger partial charge is 0.505 e. The highest BCUT2D eigenvalue weighted by Gasteiger charge is 2.14. The maximum atomic E-state index is 11.2. The standard InChI is InChI=1S/C12H11N3O3/c13-9-7-2-1-5(11(14)17)3-6(7)4-8(10(9)16)12(15)18/h1-4,16H,13H2,(H2,14,17)(H2,15,18). The molecule has 0 fully saturated rings. The average molecular weight is 245 g/mol. The molecule has 0 bridgehead atoms. The summed E-state index contributed by atoms with van der Waals surface area (Å²) >= 11 is 0. The zero-order valence-electron chi connectivity index (χ0n) is 9.31. The fourth-order valence-corrected chi connectivity index (χ4v) is 1.77. The third-order valence-corrected chi connectivity index (χ3v) is 2.70. The first-order valence-electron chi connectivity index (χ1n) is 5.06. The molecule has 6 nitrogen and oxygen atoms in total. The first kappa shape index (κ1) is 11.7. The van der Waals surface area contributed by atoms with E-state index in [0.717, 1.165) is 0 Å². The highest BCUT2D eigenvalue weighted by molar-refractivity contribution is 6.08. The first-order chi connectivity index (χ1) is 8.41. The van der Waals surface area contributed by atoms with Gasteiger partial charge in [-0.15, -0.1) is 0 Å². The lowest BCUT2D eigenvalue weighted by Gasteiger charge is -2.09. The summed E-state index contributed by atoms with van der Waals surface area (Å²) in [4.78, 5) is 22.2. The van der Waals surface area contributed by atoms with Crippen molar-refractivity contribution in [2.24, 2.45) is 11.5 Å². The van der Waals surface area contributed by atoms with E-state index >= 15 is 0 Å². The van der Waals surface area contributed by atoms with Crippen molar-refractivity contribution in [2.45, 2.75) is 0 Å². The van der Waals surface area contributed by atoms with Crippen molar-refractivity contribution in [3.63, 3.8) is 0 Å². The van der Waals surface area contributed by atoms with E-state index in [9.17, 15) is 14.7 Å². The van der Waals surface area contributed by atoms with Gasteiger partial charge in [0.2, 0.25) is 5.91 Å². The summed E-state index contributed by atoms with van der Waals surface area (Å²) in [6.45, 7) is 0. The number of amides is 2. The molecule has 7 N–H and O–H groups in total. The molecule has 0 spiro atoms. The number of nitrogens with two attached hydrogens (primary N) is 3. The molecule has 0 aliphatic heterocycles. The fraction of sp³-hybridized carbons (Fsp3) is 0. The molecule has 0 radical (unpaired) electrons. The van der Waals surface area contributed by atoms with Crippen molar-refractivity contribution in [1.29, 1.82) is 0 Å². The summed E-state index contributed by atoms with van der Waals surface area (Å²) in [6, 6.07) is 5.90. The van der Waals surface area contributed by atoms with Crippen molar-refractivity contribution < 1.29 is 14.7 Å². The first-order valence-corrected chi connectivity index (χ1v) is 5.06. The summed E-state index contributed by atoms with van der Waals surface area (Å²) in [5.74, 6) is -1.75. The lowest BCUT2D eigenvalue weighted by Crippen LogP contribution is -2.13. The maximum absolute atomic E-state index is 11.2. The maximum Gasteiger partial charge on any atom is 0.252 e. The molecular formula is C12H11N3O3. The van der Waals surface area contributed by atoms with Crippen LogP contribution in [0.4, 0.5) is 5.69 Å². The Bertz CT molecular complexity index is 680. The lowest BCUT2D eigenvalue weighted by atomic mass is 10.0. The Balaban J connectivity index is 2.83. The minimum Gasteiger partial charge on any atom is -0.505 e. The van der Waals surface area contributed by atoms with Crippen molar-refractivity contribution >= 4 is 28.3 Å². The van der Waals surface area contributed by atoms with Crippen LogP contribution in [0.2, 0.25) is 0 Å². The Hall–Kier alpha value is -2.76. The van der Waals surface area contributed by atoms with Gasteiger partial charge in [-0.1, -0.05) is 6.07 Å². The summed E-state index contributed by atoms with van der Waals surface area (Å²) in [7, 11) is 0. The second-order valence-electron chi connectivity index (χ2n) is 3.85. The normalized spacial score (nSPS) is 10.4. The van der Waals surface area contributed by atoms with E-state index in [2.05, 4.69) is 0 Å². The SMILES string of the molecule is NC(=O)c1ccc2c(N)c(O)c(C(N)=O)cc2c1. The van der Waals surface area contributed by atoms with E-state index in [1.54, 1.807) is 6.07 Å². The van der Waals surface area contributed by atoms with Crippen molar-refractivity contribution in [2.75, 3.05) is 5.73 Å². The zero-order valence-corrected chi connectivity index (χ0v) is 9.31. The molecule has 2 aromatic carbocycles. The summed E-state index contributed by atoms with van der Waals surface area (Å²) in [5.41, 5.74) is 16.2. The Morgan fingerprint density at radius 1 is 1.06 bits per heavy atom. The van der Waals surface area contributed by atoms with Gasteiger partial charge in [0.1, 0.15) is 0 Å². The van der Waals surface area contributed by atoms with E-state index in [4.69, 9.17) is 17.2 Å². The predicted octanol–water partition coefficient (Wildman–Crippen LogP) is 0.325. The zero-order chi connectivity index (χ0) is 13.4. The number of primary amides is 2. The molecule has 0 atom stereocenters. The molecule has 0 aliphatic rings. The molecule has 0 saturated carbocycles. The number of carbonyl (C=O) groups excluding carboxylic acids is 2. The monoisotopic (exact) mass is 245 g/mol. The summed E-state index contributed by atoms with van der Waals surface area (Å²) in [5, 5.41) is 10.8. The number of phenols is 1. The molecule has 2 amide bonds. The molecule has 0 unspecified atom stereocenters. The van der Waals surface area contributed by atoms with E-state index < -0.39 is 11.8 Å².